The average Bonchev–Trinajstić information content (AvgIpc) is 3.72. The van der Waals surface area contributed by atoms with E-state index in [4.69, 9.17) is 19.4 Å². The highest BCUT2D eigenvalue weighted by Crippen LogP contribution is 2.35. The monoisotopic (exact) mass is 590 g/mol. The lowest BCUT2D eigenvalue weighted by Gasteiger charge is -2.09. The van der Waals surface area contributed by atoms with Crippen LogP contribution < -0.4 is 0 Å². The minimum absolute atomic E-state index is 0.496. The van der Waals surface area contributed by atoms with Gasteiger partial charge in [0.25, 0.3) is 0 Å². The lowest BCUT2D eigenvalue weighted by Crippen LogP contribution is -2.00. The SMILES string of the molecule is c1ccc(-c2ccc(-c3nc(-c4ccc5c(c4)c4ccccc4n5-c4ccccc4)nc(-c4cc5ccccc5o4)n3)cc2)cc1. The standard InChI is InChI=1S/C41H26N4O/c1-3-11-27(12-4-1)28-19-21-29(22-20-28)39-42-40(44-41(43-39)38-26-30-13-7-10-18-37(30)46-38)31-23-24-36-34(25-31)33-16-8-9-17-35(33)45(36)32-14-5-2-6-15-32/h1-26H. The predicted molar refractivity (Wildman–Crippen MR) is 186 cm³/mol. The van der Waals surface area contributed by atoms with Gasteiger partial charge in [-0.15, -0.1) is 0 Å². The van der Waals surface area contributed by atoms with E-state index in [1.165, 1.54) is 5.39 Å². The van der Waals surface area contributed by atoms with Gasteiger partial charge in [-0.05, 0) is 59.7 Å². The Labute approximate surface area is 265 Å². The number of furan rings is 1. The molecule has 0 aliphatic carbocycles. The van der Waals surface area contributed by atoms with Crippen LogP contribution in [0.3, 0.4) is 0 Å². The van der Waals surface area contributed by atoms with Gasteiger partial charge < -0.3 is 8.98 Å². The maximum Gasteiger partial charge on any atom is 0.199 e. The van der Waals surface area contributed by atoms with Crippen molar-refractivity contribution in [2.45, 2.75) is 0 Å². The van der Waals surface area contributed by atoms with Crippen molar-refractivity contribution in [1.82, 2.24) is 19.5 Å². The first-order chi connectivity index (χ1) is 22.8. The molecule has 5 heteroatoms. The molecule has 0 spiro atoms. The molecule has 3 aromatic heterocycles. The second-order valence-corrected chi connectivity index (χ2v) is 11.3. The third kappa shape index (κ3) is 4.45. The van der Waals surface area contributed by atoms with Gasteiger partial charge >= 0.3 is 0 Å². The first-order valence-electron chi connectivity index (χ1n) is 15.3. The molecule has 216 valence electrons. The number of aromatic nitrogens is 4. The summed E-state index contributed by atoms with van der Waals surface area (Å²) in [4.78, 5) is 15.0. The highest BCUT2D eigenvalue weighted by atomic mass is 16.3. The Kier molecular flexibility index (Phi) is 6.06. The van der Waals surface area contributed by atoms with Crippen molar-refractivity contribution in [3.8, 4) is 51.2 Å². The Morgan fingerprint density at radius 1 is 0.413 bits per heavy atom. The first-order valence-corrected chi connectivity index (χ1v) is 15.3. The molecule has 0 amide bonds. The van der Waals surface area contributed by atoms with Gasteiger partial charge in [0.15, 0.2) is 23.2 Å². The summed E-state index contributed by atoms with van der Waals surface area (Å²) in [5.41, 5.74) is 8.30. The lowest BCUT2D eigenvalue weighted by molar-refractivity contribution is 0.625. The molecule has 0 atom stereocenters. The third-order valence-corrected chi connectivity index (χ3v) is 8.48. The van der Waals surface area contributed by atoms with Crippen LogP contribution in [0, 0.1) is 0 Å². The molecule has 0 unspecified atom stereocenters. The number of benzene rings is 6. The van der Waals surface area contributed by atoms with Crippen LogP contribution in [-0.2, 0) is 0 Å². The Morgan fingerprint density at radius 3 is 1.80 bits per heavy atom. The fraction of sp³-hybridized carbons (Fsp3) is 0. The van der Waals surface area contributed by atoms with Gasteiger partial charge in [-0.1, -0.05) is 109 Å². The molecule has 5 nitrogen and oxygen atoms in total. The Morgan fingerprint density at radius 2 is 1.00 bits per heavy atom. The van der Waals surface area contributed by atoms with E-state index >= 15 is 0 Å². The van der Waals surface area contributed by atoms with Gasteiger partial charge in [0.2, 0.25) is 0 Å². The van der Waals surface area contributed by atoms with Crippen molar-refractivity contribution in [3.05, 3.63) is 158 Å². The van der Waals surface area contributed by atoms with Crippen molar-refractivity contribution < 1.29 is 4.42 Å². The molecule has 0 bridgehead atoms. The van der Waals surface area contributed by atoms with Crippen LogP contribution in [0.25, 0.3) is 83.9 Å². The minimum Gasteiger partial charge on any atom is -0.453 e. The van der Waals surface area contributed by atoms with E-state index in [-0.39, 0.29) is 0 Å². The van der Waals surface area contributed by atoms with E-state index in [9.17, 15) is 0 Å². The molecule has 0 saturated heterocycles. The zero-order chi connectivity index (χ0) is 30.5. The number of rotatable bonds is 5. The number of hydrogen-bond donors (Lipinski definition) is 0. The molecule has 9 aromatic rings. The molecule has 46 heavy (non-hydrogen) atoms. The fourth-order valence-electron chi connectivity index (χ4n) is 6.25. The zero-order valence-electron chi connectivity index (χ0n) is 24.7. The summed E-state index contributed by atoms with van der Waals surface area (Å²) >= 11 is 0. The Balaban J connectivity index is 1.22. The van der Waals surface area contributed by atoms with Crippen LogP contribution in [0.1, 0.15) is 0 Å². The van der Waals surface area contributed by atoms with Crippen molar-refractivity contribution in [3.63, 3.8) is 0 Å². The number of para-hydroxylation sites is 3. The second-order valence-electron chi connectivity index (χ2n) is 11.3. The normalized spacial score (nSPS) is 11.5. The van der Waals surface area contributed by atoms with Crippen LogP contribution in [0.4, 0.5) is 0 Å². The number of hydrogen-bond acceptors (Lipinski definition) is 4. The van der Waals surface area contributed by atoms with Crippen molar-refractivity contribution in [2.75, 3.05) is 0 Å². The smallest absolute Gasteiger partial charge is 0.199 e. The largest absolute Gasteiger partial charge is 0.453 e. The van der Waals surface area contributed by atoms with E-state index in [1.807, 2.05) is 42.5 Å². The van der Waals surface area contributed by atoms with E-state index in [2.05, 4.69) is 120 Å². The first kappa shape index (κ1) is 26.1. The molecule has 0 aliphatic heterocycles. The summed E-state index contributed by atoms with van der Waals surface area (Å²) < 4.78 is 8.54. The highest BCUT2D eigenvalue weighted by molar-refractivity contribution is 6.10. The molecule has 3 heterocycles. The van der Waals surface area contributed by atoms with Crippen molar-refractivity contribution in [1.29, 1.82) is 0 Å². The summed E-state index contributed by atoms with van der Waals surface area (Å²) in [6.45, 7) is 0. The summed E-state index contributed by atoms with van der Waals surface area (Å²) in [7, 11) is 0. The van der Waals surface area contributed by atoms with E-state index in [1.54, 1.807) is 0 Å². The van der Waals surface area contributed by atoms with Crippen LogP contribution in [0.2, 0.25) is 0 Å². The van der Waals surface area contributed by atoms with Gasteiger partial charge in [0.05, 0.1) is 11.0 Å². The van der Waals surface area contributed by atoms with Gasteiger partial charge in [-0.3, -0.25) is 0 Å². The minimum atomic E-state index is 0.496. The van der Waals surface area contributed by atoms with E-state index in [0.717, 1.165) is 55.3 Å². The zero-order valence-corrected chi connectivity index (χ0v) is 24.7. The summed E-state index contributed by atoms with van der Waals surface area (Å²) in [6, 6.07) is 54.1. The van der Waals surface area contributed by atoms with Crippen LogP contribution in [0.15, 0.2) is 162 Å². The molecular weight excluding hydrogens is 564 g/mol. The summed E-state index contributed by atoms with van der Waals surface area (Å²) in [6.07, 6.45) is 0. The number of fused-ring (bicyclic) bond motifs is 4. The molecule has 0 N–H and O–H groups in total. The Hall–Kier alpha value is -6.33. The third-order valence-electron chi connectivity index (χ3n) is 8.48. The van der Waals surface area contributed by atoms with Crippen LogP contribution >= 0.6 is 0 Å². The molecule has 0 radical (unpaired) electrons. The van der Waals surface area contributed by atoms with Gasteiger partial charge in [0.1, 0.15) is 5.58 Å². The maximum atomic E-state index is 6.24. The topological polar surface area (TPSA) is 56.7 Å². The fourth-order valence-corrected chi connectivity index (χ4v) is 6.25. The van der Waals surface area contributed by atoms with Gasteiger partial charge in [0, 0.05) is 33.0 Å². The maximum absolute atomic E-state index is 6.24. The molecule has 0 fully saturated rings. The van der Waals surface area contributed by atoms with Crippen molar-refractivity contribution in [2.24, 2.45) is 0 Å². The Bertz CT molecular complexity index is 2480. The summed E-state index contributed by atoms with van der Waals surface area (Å²) in [5.74, 6) is 2.28. The predicted octanol–water partition coefficient (Wildman–Crippen LogP) is 10.4. The van der Waals surface area contributed by atoms with Crippen molar-refractivity contribution >= 4 is 32.8 Å². The highest BCUT2D eigenvalue weighted by Gasteiger charge is 2.18. The second kappa shape index (κ2) is 10.7. The van der Waals surface area contributed by atoms with Crippen LogP contribution in [-0.4, -0.2) is 19.5 Å². The summed E-state index contributed by atoms with van der Waals surface area (Å²) in [5, 5.41) is 3.31. The molecule has 0 aliphatic rings. The quantitative estimate of drug-likeness (QED) is 0.200. The molecule has 0 saturated carbocycles. The van der Waals surface area contributed by atoms with E-state index in [0.29, 0.717) is 23.2 Å². The molecular formula is C41H26N4O. The molecule has 9 rings (SSSR count). The lowest BCUT2D eigenvalue weighted by atomic mass is 10.0. The molecule has 6 aromatic carbocycles. The van der Waals surface area contributed by atoms with Gasteiger partial charge in [-0.2, -0.15) is 0 Å². The average molecular weight is 591 g/mol. The van der Waals surface area contributed by atoms with E-state index < -0.39 is 0 Å². The van der Waals surface area contributed by atoms with Gasteiger partial charge in [-0.25, -0.2) is 15.0 Å². The number of nitrogens with zero attached hydrogens (tertiary/aromatic N) is 4. The van der Waals surface area contributed by atoms with Crippen LogP contribution in [0.5, 0.6) is 0 Å².